The van der Waals surface area contributed by atoms with E-state index in [1.165, 1.54) is 12.8 Å². The first-order chi connectivity index (χ1) is 5.83. The molecule has 0 aromatic carbocycles. The van der Waals surface area contributed by atoms with Crippen molar-refractivity contribution < 1.29 is 0 Å². The van der Waals surface area contributed by atoms with Gasteiger partial charge < -0.3 is 11.1 Å². The van der Waals surface area contributed by atoms with E-state index in [1.54, 1.807) is 0 Å². The first-order valence-corrected chi connectivity index (χ1v) is 4.33. The van der Waals surface area contributed by atoms with Crippen molar-refractivity contribution in [1.29, 1.82) is 0 Å². The smallest absolute Gasteiger partial charge is 0.188 e. The number of hydrogen-bond acceptors (Lipinski definition) is 1. The second kappa shape index (κ2) is 4.66. The largest absolute Gasteiger partial charge is 0.370 e. The lowest BCUT2D eigenvalue weighted by Crippen LogP contribution is -2.33. The number of rotatable bonds is 4. The van der Waals surface area contributed by atoms with E-state index in [1.807, 2.05) is 0 Å². The van der Waals surface area contributed by atoms with Gasteiger partial charge in [0.05, 0.1) is 0 Å². The Balaban J connectivity index is 2.04. The van der Waals surface area contributed by atoms with Crippen molar-refractivity contribution in [2.24, 2.45) is 10.7 Å². The number of aliphatic imine (C=N–C) groups is 1. The first-order valence-electron chi connectivity index (χ1n) is 4.33. The van der Waals surface area contributed by atoms with E-state index in [0.29, 0.717) is 12.0 Å². The summed E-state index contributed by atoms with van der Waals surface area (Å²) < 4.78 is 0. The van der Waals surface area contributed by atoms with Crippen LogP contribution in [0.2, 0.25) is 0 Å². The fourth-order valence-electron chi connectivity index (χ4n) is 0.863. The SMILES string of the molecule is C#CCCCN=C(N)NC1CC1. The van der Waals surface area contributed by atoms with Gasteiger partial charge in [-0.1, -0.05) is 0 Å². The van der Waals surface area contributed by atoms with Gasteiger partial charge in [0.15, 0.2) is 5.96 Å². The zero-order valence-electron chi connectivity index (χ0n) is 7.21. The van der Waals surface area contributed by atoms with Gasteiger partial charge in [-0.2, -0.15) is 0 Å². The molecule has 1 aliphatic rings. The van der Waals surface area contributed by atoms with E-state index in [9.17, 15) is 0 Å². The molecule has 12 heavy (non-hydrogen) atoms. The van der Waals surface area contributed by atoms with E-state index in [-0.39, 0.29) is 0 Å². The molecule has 1 fully saturated rings. The highest BCUT2D eigenvalue weighted by atomic mass is 15.1. The fourth-order valence-corrected chi connectivity index (χ4v) is 0.863. The number of guanidine groups is 1. The van der Waals surface area contributed by atoms with Crippen LogP contribution in [-0.4, -0.2) is 18.5 Å². The molecule has 0 atom stereocenters. The van der Waals surface area contributed by atoms with E-state index in [4.69, 9.17) is 12.2 Å². The van der Waals surface area contributed by atoms with Crippen molar-refractivity contribution in [3.05, 3.63) is 0 Å². The number of nitrogens with zero attached hydrogens (tertiary/aromatic N) is 1. The van der Waals surface area contributed by atoms with Gasteiger partial charge in [-0.3, -0.25) is 4.99 Å². The Bertz CT molecular complexity index is 198. The van der Waals surface area contributed by atoms with Gasteiger partial charge in [0.1, 0.15) is 0 Å². The molecule has 0 bridgehead atoms. The predicted molar refractivity (Wildman–Crippen MR) is 50.7 cm³/mol. The topological polar surface area (TPSA) is 50.4 Å². The van der Waals surface area contributed by atoms with Gasteiger partial charge in [0, 0.05) is 19.0 Å². The molecule has 0 unspecified atom stereocenters. The summed E-state index contributed by atoms with van der Waals surface area (Å²) in [6.07, 6.45) is 9.23. The van der Waals surface area contributed by atoms with Gasteiger partial charge in [0.25, 0.3) is 0 Å². The van der Waals surface area contributed by atoms with Crippen LogP contribution in [0.3, 0.4) is 0 Å². The number of nitrogens with two attached hydrogens (primary N) is 1. The van der Waals surface area contributed by atoms with Gasteiger partial charge in [-0.05, 0) is 19.3 Å². The van der Waals surface area contributed by atoms with Crippen molar-refractivity contribution >= 4 is 5.96 Å². The molecule has 1 aliphatic carbocycles. The highest BCUT2D eigenvalue weighted by Crippen LogP contribution is 2.17. The van der Waals surface area contributed by atoms with E-state index >= 15 is 0 Å². The summed E-state index contributed by atoms with van der Waals surface area (Å²) in [6.45, 7) is 0.732. The van der Waals surface area contributed by atoms with E-state index in [2.05, 4.69) is 16.2 Å². The molecular formula is C9H15N3. The average molecular weight is 165 g/mol. The number of nitrogens with one attached hydrogen (secondary N) is 1. The lowest BCUT2D eigenvalue weighted by atomic mass is 10.3. The number of terminal acetylenes is 1. The molecule has 0 aromatic rings. The van der Waals surface area contributed by atoms with Gasteiger partial charge >= 0.3 is 0 Å². The molecule has 0 amide bonds. The summed E-state index contributed by atoms with van der Waals surface area (Å²) >= 11 is 0. The zero-order valence-corrected chi connectivity index (χ0v) is 7.21. The molecule has 1 rings (SSSR count). The van der Waals surface area contributed by atoms with Crippen LogP contribution < -0.4 is 11.1 Å². The molecule has 0 radical (unpaired) electrons. The molecule has 3 heteroatoms. The van der Waals surface area contributed by atoms with Crippen LogP contribution in [0.1, 0.15) is 25.7 Å². The third kappa shape index (κ3) is 3.87. The van der Waals surface area contributed by atoms with Crippen molar-refractivity contribution in [2.75, 3.05) is 6.54 Å². The zero-order chi connectivity index (χ0) is 8.81. The molecular weight excluding hydrogens is 150 g/mol. The van der Waals surface area contributed by atoms with Crippen LogP contribution in [0.5, 0.6) is 0 Å². The van der Waals surface area contributed by atoms with Crippen LogP contribution in [0.25, 0.3) is 0 Å². The third-order valence-electron chi connectivity index (χ3n) is 1.69. The standard InChI is InChI=1S/C9H15N3/c1-2-3-4-7-11-9(10)12-8-5-6-8/h1,8H,3-7H2,(H3,10,11,12). The van der Waals surface area contributed by atoms with Gasteiger partial charge in [0.2, 0.25) is 0 Å². The summed E-state index contributed by atoms with van der Waals surface area (Å²) in [5.41, 5.74) is 5.58. The van der Waals surface area contributed by atoms with E-state index in [0.717, 1.165) is 19.4 Å². The van der Waals surface area contributed by atoms with Crippen molar-refractivity contribution in [3.63, 3.8) is 0 Å². The molecule has 0 saturated heterocycles. The number of hydrogen-bond donors (Lipinski definition) is 2. The summed E-state index contributed by atoms with van der Waals surface area (Å²) in [4.78, 5) is 4.13. The van der Waals surface area contributed by atoms with Crippen molar-refractivity contribution in [1.82, 2.24) is 5.32 Å². The summed E-state index contributed by atoms with van der Waals surface area (Å²) in [5.74, 6) is 3.13. The van der Waals surface area contributed by atoms with Crippen LogP contribution in [-0.2, 0) is 0 Å². The molecule has 0 spiro atoms. The maximum absolute atomic E-state index is 5.58. The van der Waals surface area contributed by atoms with Crippen molar-refractivity contribution in [2.45, 2.75) is 31.7 Å². The molecule has 66 valence electrons. The summed E-state index contributed by atoms with van der Waals surface area (Å²) in [6, 6.07) is 0.585. The highest BCUT2D eigenvalue weighted by Gasteiger charge is 2.20. The minimum atomic E-state index is 0.564. The molecule has 3 N–H and O–H groups in total. The second-order valence-corrected chi connectivity index (χ2v) is 2.99. The predicted octanol–water partition coefficient (Wildman–Crippen LogP) is 0.467. The Morgan fingerprint density at radius 2 is 2.42 bits per heavy atom. The normalized spacial score (nSPS) is 17.1. The minimum Gasteiger partial charge on any atom is -0.370 e. The van der Waals surface area contributed by atoms with Crippen LogP contribution in [0, 0.1) is 12.3 Å². The lowest BCUT2D eigenvalue weighted by molar-refractivity contribution is 0.836. The number of unbranched alkanes of at least 4 members (excludes halogenated alkanes) is 1. The second-order valence-electron chi connectivity index (χ2n) is 2.99. The van der Waals surface area contributed by atoms with Crippen molar-refractivity contribution in [3.8, 4) is 12.3 Å². The lowest BCUT2D eigenvalue weighted by Gasteiger charge is -2.01. The summed E-state index contributed by atoms with van der Waals surface area (Å²) in [7, 11) is 0. The molecule has 0 aromatic heterocycles. The highest BCUT2D eigenvalue weighted by molar-refractivity contribution is 5.78. The fraction of sp³-hybridized carbons (Fsp3) is 0.667. The van der Waals surface area contributed by atoms with Gasteiger partial charge in [-0.15, -0.1) is 12.3 Å². The summed E-state index contributed by atoms with van der Waals surface area (Å²) in [5, 5.41) is 3.11. The van der Waals surface area contributed by atoms with Gasteiger partial charge in [-0.25, -0.2) is 0 Å². The Morgan fingerprint density at radius 1 is 1.67 bits per heavy atom. The van der Waals surface area contributed by atoms with Crippen LogP contribution >= 0.6 is 0 Å². The average Bonchev–Trinajstić information content (AvgIpc) is 2.82. The Labute approximate surface area is 73.4 Å². The Hall–Kier alpha value is -1.17. The first kappa shape index (κ1) is 8.92. The monoisotopic (exact) mass is 165 g/mol. The Kier molecular flexibility index (Phi) is 3.46. The maximum Gasteiger partial charge on any atom is 0.188 e. The quantitative estimate of drug-likeness (QED) is 0.275. The third-order valence-corrected chi connectivity index (χ3v) is 1.69. The van der Waals surface area contributed by atoms with Crippen LogP contribution in [0.15, 0.2) is 4.99 Å². The molecule has 0 heterocycles. The maximum atomic E-state index is 5.58. The minimum absolute atomic E-state index is 0.564. The molecule has 0 aliphatic heterocycles. The Morgan fingerprint density at radius 3 is 3.00 bits per heavy atom. The molecule has 1 saturated carbocycles. The van der Waals surface area contributed by atoms with E-state index < -0.39 is 0 Å². The molecule has 3 nitrogen and oxygen atoms in total. The van der Waals surface area contributed by atoms with Crippen LogP contribution in [0.4, 0.5) is 0 Å².